The van der Waals surface area contributed by atoms with Crippen molar-refractivity contribution < 1.29 is 23.8 Å². The normalized spacial score (nSPS) is 16.1. The number of benzene rings is 3. The number of hydrogen-bond donors (Lipinski definition) is 1. The second-order valence-corrected chi connectivity index (χ2v) is 9.23. The van der Waals surface area contributed by atoms with Gasteiger partial charge in [0.05, 0.1) is 19.1 Å². The van der Waals surface area contributed by atoms with Gasteiger partial charge in [-0.05, 0) is 61.2 Å². The Morgan fingerprint density at radius 2 is 1.81 bits per heavy atom. The number of rotatable bonds is 8. The van der Waals surface area contributed by atoms with Crippen molar-refractivity contribution in [2.24, 2.45) is 0 Å². The number of aryl methyl sites for hydroxylation is 1. The van der Waals surface area contributed by atoms with Gasteiger partial charge in [-0.15, -0.1) is 0 Å². The molecule has 2 heterocycles. The quantitative estimate of drug-likeness (QED) is 0.511. The summed E-state index contributed by atoms with van der Waals surface area (Å²) in [6.07, 6.45) is 2.35. The van der Waals surface area contributed by atoms with Crippen LogP contribution in [0, 0.1) is 6.92 Å². The number of amides is 2. The van der Waals surface area contributed by atoms with Gasteiger partial charge < -0.3 is 24.4 Å². The van der Waals surface area contributed by atoms with Gasteiger partial charge in [-0.2, -0.15) is 0 Å². The van der Waals surface area contributed by atoms with E-state index in [-0.39, 0.29) is 31.1 Å². The third-order valence-corrected chi connectivity index (χ3v) is 6.46. The molecule has 1 atom stereocenters. The van der Waals surface area contributed by atoms with Gasteiger partial charge in [0.1, 0.15) is 0 Å². The first-order chi connectivity index (χ1) is 17.5. The molecular weight excluding hydrogens is 456 g/mol. The molecular formula is C29H30N2O5. The summed E-state index contributed by atoms with van der Waals surface area (Å²) in [4.78, 5) is 28.0. The van der Waals surface area contributed by atoms with Gasteiger partial charge in [-0.1, -0.05) is 42.0 Å². The van der Waals surface area contributed by atoms with Crippen molar-refractivity contribution in [3.8, 4) is 11.5 Å². The fourth-order valence-electron chi connectivity index (χ4n) is 4.46. The lowest BCUT2D eigenvalue weighted by Crippen LogP contribution is -2.33. The predicted molar refractivity (Wildman–Crippen MR) is 136 cm³/mol. The number of nitrogens with one attached hydrogen (secondary N) is 1. The number of hydrogen-bond acceptors (Lipinski definition) is 5. The second kappa shape index (κ2) is 10.8. The van der Waals surface area contributed by atoms with Crippen LogP contribution in [0.4, 0.5) is 5.69 Å². The van der Waals surface area contributed by atoms with Crippen molar-refractivity contribution in [1.82, 2.24) is 5.32 Å². The maximum Gasteiger partial charge on any atom is 0.258 e. The maximum absolute atomic E-state index is 13.7. The van der Waals surface area contributed by atoms with E-state index in [9.17, 15) is 9.59 Å². The van der Waals surface area contributed by atoms with Crippen molar-refractivity contribution in [1.29, 1.82) is 0 Å². The molecule has 7 nitrogen and oxygen atoms in total. The molecule has 0 aromatic heterocycles. The van der Waals surface area contributed by atoms with E-state index < -0.39 is 0 Å². The van der Waals surface area contributed by atoms with Crippen LogP contribution in [-0.4, -0.2) is 37.9 Å². The molecule has 5 rings (SSSR count). The summed E-state index contributed by atoms with van der Waals surface area (Å²) >= 11 is 0. The minimum atomic E-state index is -0.158. The molecule has 0 bridgehead atoms. The zero-order valence-electron chi connectivity index (χ0n) is 20.4. The number of carbonyl (C=O) groups is 2. The van der Waals surface area contributed by atoms with Crippen LogP contribution in [0.2, 0.25) is 0 Å². The minimum absolute atomic E-state index is 0.0603. The summed E-state index contributed by atoms with van der Waals surface area (Å²) in [6, 6.07) is 20.9. The van der Waals surface area contributed by atoms with E-state index in [1.165, 1.54) is 0 Å². The van der Waals surface area contributed by atoms with Crippen LogP contribution < -0.4 is 19.7 Å². The Kier molecular flexibility index (Phi) is 7.18. The highest BCUT2D eigenvalue weighted by molar-refractivity contribution is 6.06. The van der Waals surface area contributed by atoms with E-state index in [2.05, 4.69) is 5.32 Å². The number of carbonyl (C=O) groups excluding carboxylic acids is 2. The second-order valence-electron chi connectivity index (χ2n) is 9.23. The molecule has 1 N–H and O–H groups in total. The van der Waals surface area contributed by atoms with Crippen molar-refractivity contribution in [2.75, 3.05) is 24.8 Å². The molecule has 1 saturated heterocycles. The number of fused-ring (bicyclic) bond motifs is 1. The summed E-state index contributed by atoms with van der Waals surface area (Å²) in [6.45, 7) is 3.86. The van der Waals surface area contributed by atoms with Crippen LogP contribution in [0.15, 0.2) is 66.7 Å². The Labute approximate surface area is 211 Å². The lowest BCUT2D eigenvalue weighted by molar-refractivity contribution is -0.120. The van der Waals surface area contributed by atoms with Crippen LogP contribution >= 0.6 is 0 Å². The molecule has 0 radical (unpaired) electrons. The predicted octanol–water partition coefficient (Wildman–Crippen LogP) is 4.41. The Bertz CT molecular complexity index is 1230. The molecule has 0 spiro atoms. The average molecular weight is 487 g/mol. The molecule has 2 amide bonds. The zero-order chi connectivity index (χ0) is 24.9. The van der Waals surface area contributed by atoms with Crippen molar-refractivity contribution in [3.63, 3.8) is 0 Å². The molecule has 0 aliphatic carbocycles. The Balaban J connectivity index is 1.37. The SMILES string of the molecule is Cc1ccc(CN(C(=O)c2ccc3c(c2)OCO3)c2cccc(CC(=O)NC[C@@H]3CCCO3)c2)cc1. The highest BCUT2D eigenvalue weighted by Crippen LogP contribution is 2.33. The monoisotopic (exact) mass is 486 g/mol. The van der Waals surface area contributed by atoms with Gasteiger partial charge in [0.15, 0.2) is 11.5 Å². The zero-order valence-corrected chi connectivity index (χ0v) is 20.4. The van der Waals surface area contributed by atoms with E-state index in [0.29, 0.717) is 30.2 Å². The molecule has 3 aromatic carbocycles. The Morgan fingerprint density at radius 3 is 2.61 bits per heavy atom. The van der Waals surface area contributed by atoms with Crippen LogP contribution in [0.25, 0.3) is 0 Å². The van der Waals surface area contributed by atoms with Crippen LogP contribution in [0.5, 0.6) is 11.5 Å². The molecule has 186 valence electrons. The molecule has 2 aliphatic rings. The van der Waals surface area contributed by atoms with Crippen molar-refractivity contribution in [2.45, 2.75) is 38.8 Å². The lowest BCUT2D eigenvalue weighted by Gasteiger charge is -2.24. The molecule has 1 fully saturated rings. The topological polar surface area (TPSA) is 77.1 Å². The summed E-state index contributed by atoms with van der Waals surface area (Å²) in [5.74, 6) is 0.976. The standard InChI is InChI=1S/C29H30N2O5/c1-20-7-9-21(10-8-20)18-31(29(33)23-11-12-26-27(16-23)36-19-35-26)24-5-2-4-22(14-24)15-28(32)30-17-25-6-3-13-34-25/h2,4-5,7-12,14,16,25H,3,6,13,15,17-19H2,1H3,(H,30,32)/t25-/m0/s1. The minimum Gasteiger partial charge on any atom is -0.454 e. The summed E-state index contributed by atoms with van der Waals surface area (Å²) in [5, 5.41) is 2.97. The van der Waals surface area contributed by atoms with Crippen LogP contribution in [-0.2, 0) is 22.5 Å². The summed E-state index contributed by atoms with van der Waals surface area (Å²) in [5.41, 5.74) is 4.23. The highest BCUT2D eigenvalue weighted by atomic mass is 16.7. The van der Waals surface area contributed by atoms with E-state index >= 15 is 0 Å². The van der Waals surface area contributed by atoms with Gasteiger partial charge >= 0.3 is 0 Å². The highest BCUT2D eigenvalue weighted by Gasteiger charge is 2.23. The van der Waals surface area contributed by atoms with Crippen LogP contribution in [0.3, 0.4) is 0 Å². The van der Waals surface area contributed by atoms with Crippen molar-refractivity contribution in [3.05, 3.63) is 89.0 Å². The van der Waals surface area contributed by atoms with Gasteiger partial charge in [-0.25, -0.2) is 0 Å². The first kappa shape index (κ1) is 23.9. The lowest BCUT2D eigenvalue weighted by atomic mass is 10.1. The van der Waals surface area contributed by atoms with Crippen LogP contribution in [0.1, 0.15) is 39.9 Å². The van der Waals surface area contributed by atoms with Gasteiger partial charge in [0.2, 0.25) is 12.7 Å². The molecule has 0 unspecified atom stereocenters. The van der Waals surface area contributed by atoms with Crippen molar-refractivity contribution >= 4 is 17.5 Å². The summed E-state index contributed by atoms with van der Waals surface area (Å²) < 4.78 is 16.5. The maximum atomic E-state index is 13.7. The molecule has 0 saturated carbocycles. The van der Waals surface area contributed by atoms with Gasteiger partial charge in [0.25, 0.3) is 5.91 Å². The molecule has 3 aromatic rings. The largest absolute Gasteiger partial charge is 0.454 e. The third kappa shape index (κ3) is 5.69. The fourth-order valence-corrected chi connectivity index (χ4v) is 4.46. The summed E-state index contributed by atoms with van der Waals surface area (Å²) in [7, 11) is 0. The first-order valence-electron chi connectivity index (χ1n) is 12.3. The number of nitrogens with zero attached hydrogens (tertiary/aromatic N) is 1. The number of ether oxygens (including phenoxy) is 3. The van der Waals surface area contributed by atoms with E-state index in [4.69, 9.17) is 14.2 Å². The Morgan fingerprint density at radius 1 is 0.972 bits per heavy atom. The van der Waals surface area contributed by atoms with Gasteiger partial charge in [-0.3, -0.25) is 9.59 Å². The smallest absolute Gasteiger partial charge is 0.258 e. The average Bonchev–Trinajstić information content (AvgIpc) is 3.58. The first-order valence-corrected chi connectivity index (χ1v) is 12.3. The number of anilines is 1. The molecule has 36 heavy (non-hydrogen) atoms. The van der Waals surface area contributed by atoms with Gasteiger partial charge in [0, 0.05) is 24.4 Å². The fraction of sp³-hybridized carbons (Fsp3) is 0.310. The van der Waals surface area contributed by atoms with E-state index in [1.54, 1.807) is 23.1 Å². The van der Waals surface area contributed by atoms with E-state index in [0.717, 1.165) is 41.8 Å². The molecule has 7 heteroatoms. The Hall–Kier alpha value is -3.84. The van der Waals surface area contributed by atoms with E-state index in [1.807, 2.05) is 55.5 Å². The molecule has 2 aliphatic heterocycles. The third-order valence-electron chi connectivity index (χ3n) is 6.46.